The van der Waals surface area contributed by atoms with Crippen LogP contribution in [0.5, 0.6) is 0 Å². The molecule has 0 radical (unpaired) electrons. The highest BCUT2D eigenvalue weighted by Crippen LogP contribution is 2.32. The van der Waals surface area contributed by atoms with Gasteiger partial charge in [-0.2, -0.15) is 5.10 Å². The van der Waals surface area contributed by atoms with Crippen molar-refractivity contribution >= 4 is 37.7 Å². The number of amides is 1. The van der Waals surface area contributed by atoms with E-state index in [4.69, 9.17) is 10.9 Å². The molecular formula is C16H14N6O3S. The molecule has 0 spiro atoms. The minimum absolute atomic E-state index is 0.175. The summed E-state index contributed by atoms with van der Waals surface area (Å²) in [5.74, 6) is -0.841. The van der Waals surface area contributed by atoms with Crippen LogP contribution >= 0.6 is 0 Å². The average Bonchev–Trinajstić information content (AvgIpc) is 3.15. The smallest absolute Gasteiger partial charge is 0.267 e. The zero-order valence-corrected chi connectivity index (χ0v) is 14.4. The van der Waals surface area contributed by atoms with Crippen LogP contribution in [0.3, 0.4) is 0 Å². The Bertz CT molecular complexity index is 1300. The Morgan fingerprint density at radius 2 is 1.96 bits per heavy atom. The van der Waals surface area contributed by atoms with Crippen LogP contribution in [0.1, 0.15) is 10.5 Å². The summed E-state index contributed by atoms with van der Waals surface area (Å²) in [7, 11) is -2.34. The minimum Gasteiger partial charge on any atom is -0.364 e. The Morgan fingerprint density at radius 1 is 1.19 bits per heavy atom. The number of hydrogen-bond donors (Lipinski definition) is 3. The van der Waals surface area contributed by atoms with E-state index in [1.54, 1.807) is 10.7 Å². The number of aromatic amines is 1. The van der Waals surface area contributed by atoms with Gasteiger partial charge in [-0.15, -0.1) is 0 Å². The van der Waals surface area contributed by atoms with Gasteiger partial charge in [0, 0.05) is 35.1 Å². The topological polar surface area (TPSA) is 150 Å². The molecule has 4 aromatic rings. The maximum atomic E-state index is 11.9. The summed E-state index contributed by atoms with van der Waals surface area (Å²) < 4.78 is 25.5. The summed E-state index contributed by atoms with van der Waals surface area (Å²) in [6.45, 7) is 0. The van der Waals surface area contributed by atoms with Crippen molar-refractivity contribution in [1.29, 1.82) is 0 Å². The molecular weight excluding hydrogens is 356 g/mol. The van der Waals surface area contributed by atoms with Crippen molar-refractivity contribution in [2.45, 2.75) is 5.03 Å². The Labute approximate surface area is 147 Å². The third-order valence-corrected chi connectivity index (χ3v) is 4.92. The predicted octanol–water partition coefficient (Wildman–Crippen LogP) is 0.863. The summed E-state index contributed by atoms with van der Waals surface area (Å²) in [6, 6.07) is 8.83. The maximum absolute atomic E-state index is 11.9. The second-order valence-corrected chi connectivity index (χ2v) is 7.38. The number of aromatic nitrogens is 4. The lowest BCUT2D eigenvalue weighted by molar-refractivity contribution is 0.0995. The van der Waals surface area contributed by atoms with E-state index in [1.165, 1.54) is 6.07 Å². The Balaban J connectivity index is 2.09. The third-order valence-electron chi connectivity index (χ3n) is 4.09. The molecule has 0 saturated carbocycles. The molecule has 0 bridgehead atoms. The molecule has 1 amide bonds. The Hall–Kier alpha value is -3.24. The van der Waals surface area contributed by atoms with Crippen molar-refractivity contribution in [2.24, 2.45) is 17.9 Å². The van der Waals surface area contributed by atoms with E-state index in [1.807, 2.05) is 31.4 Å². The summed E-state index contributed by atoms with van der Waals surface area (Å²) >= 11 is 0. The van der Waals surface area contributed by atoms with Crippen LogP contribution in [0.15, 0.2) is 41.6 Å². The van der Waals surface area contributed by atoms with Gasteiger partial charge in [0.15, 0.2) is 5.03 Å². The summed E-state index contributed by atoms with van der Waals surface area (Å²) in [6.07, 6.45) is 1.82. The van der Waals surface area contributed by atoms with Gasteiger partial charge in [-0.05, 0) is 24.3 Å². The quantitative estimate of drug-likeness (QED) is 0.489. The second kappa shape index (κ2) is 5.38. The predicted molar refractivity (Wildman–Crippen MR) is 95.7 cm³/mol. The van der Waals surface area contributed by atoms with Gasteiger partial charge >= 0.3 is 0 Å². The van der Waals surface area contributed by atoms with Gasteiger partial charge in [-0.3, -0.25) is 9.48 Å². The van der Waals surface area contributed by atoms with Crippen LogP contribution < -0.4 is 10.9 Å². The van der Waals surface area contributed by atoms with E-state index in [0.717, 1.165) is 11.3 Å². The Kier molecular flexibility index (Phi) is 3.36. The second-order valence-electron chi connectivity index (χ2n) is 5.90. The van der Waals surface area contributed by atoms with E-state index < -0.39 is 21.0 Å². The number of fused-ring (bicyclic) bond motifs is 3. The lowest BCUT2D eigenvalue weighted by atomic mass is 10.1. The molecule has 0 aliphatic heterocycles. The first-order chi connectivity index (χ1) is 12.2. The molecule has 26 heavy (non-hydrogen) atoms. The lowest BCUT2D eigenvalue weighted by Crippen LogP contribution is -2.19. The molecule has 0 fully saturated rings. The van der Waals surface area contributed by atoms with E-state index in [-0.39, 0.29) is 11.2 Å². The highest BCUT2D eigenvalue weighted by Gasteiger charge is 2.21. The minimum atomic E-state index is -4.16. The van der Waals surface area contributed by atoms with Gasteiger partial charge in [0.05, 0.1) is 11.2 Å². The van der Waals surface area contributed by atoms with Gasteiger partial charge in [-0.25, -0.2) is 18.5 Å². The van der Waals surface area contributed by atoms with Gasteiger partial charge in [0.25, 0.3) is 15.9 Å². The van der Waals surface area contributed by atoms with Crippen LogP contribution in [0.4, 0.5) is 0 Å². The molecule has 132 valence electrons. The van der Waals surface area contributed by atoms with Crippen LogP contribution in [0, 0.1) is 0 Å². The molecule has 0 atom stereocenters. The number of pyridine rings is 1. The molecule has 1 aromatic carbocycles. The molecule has 0 aliphatic carbocycles. The first-order valence-electron chi connectivity index (χ1n) is 7.53. The number of nitrogens with one attached hydrogen (secondary N) is 1. The van der Waals surface area contributed by atoms with Crippen LogP contribution in [-0.2, 0) is 17.1 Å². The lowest BCUT2D eigenvalue weighted by Gasteiger charge is -2.03. The number of nitrogens with zero attached hydrogens (tertiary/aromatic N) is 3. The molecule has 4 rings (SSSR count). The summed E-state index contributed by atoms with van der Waals surface area (Å²) in [5, 5.41) is 10.4. The number of hydrogen-bond acceptors (Lipinski definition) is 5. The molecule has 10 heteroatoms. The number of sulfonamides is 1. The normalized spacial score (nSPS) is 12.1. The van der Waals surface area contributed by atoms with Crippen molar-refractivity contribution in [3.63, 3.8) is 0 Å². The SMILES string of the molecule is Cn1ccc(-c2ccc3[nH]c4c(S(N)(=O)=O)nc(C(N)=O)cc4c3c2)n1. The fraction of sp³-hybridized carbons (Fsp3) is 0.0625. The van der Waals surface area contributed by atoms with Gasteiger partial charge in [0.1, 0.15) is 5.69 Å². The number of H-pyrrole nitrogens is 1. The van der Waals surface area contributed by atoms with E-state index in [2.05, 4.69) is 15.1 Å². The van der Waals surface area contributed by atoms with Crippen molar-refractivity contribution < 1.29 is 13.2 Å². The van der Waals surface area contributed by atoms with E-state index in [9.17, 15) is 13.2 Å². The number of benzene rings is 1. The molecule has 3 heterocycles. The van der Waals surface area contributed by atoms with Crippen LogP contribution in [0.2, 0.25) is 0 Å². The number of aryl methyl sites for hydroxylation is 1. The monoisotopic (exact) mass is 370 g/mol. The van der Waals surface area contributed by atoms with Crippen LogP contribution in [0.25, 0.3) is 33.1 Å². The molecule has 9 nitrogen and oxygen atoms in total. The number of rotatable bonds is 3. The molecule has 0 saturated heterocycles. The number of nitrogens with two attached hydrogens (primary N) is 2. The highest BCUT2D eigenvalue weighted by atomic mass is 32.2. The van der Waals surface area contributed by atoms with Crippen LogP contribution in [-0.4, -0.2) is 34.1 Å². The van der Waals surface area contributed by atoms with E-state index in [0.29, 0.717) is 16.3 Å². The first kappa shape index (κ1) is 16.2. The molecule has 5 N–H and O–H groups in total. The van der Waals surface area contributed by atoms with Gasteiger partial charge in [0.2, 0.25) is 0 Å². The van der Waals surface area contributed by atoms with Gasteiger partial charge < -0.3 is 10.7 Å². The molecule has 0 aliphatic rings. The average molecular weight is 370 g/mol. The largest absolute Gasteiger partial charge is 0.364 e. The van der Waals surface area contributed by atoms with Gasteiger partial charge in [-0.1, -0.05) is 6.07 Å². The number of carbonyl (C=O) groups is 1. The summed E-state index contributed by atoms with van der Waals surface area (Å²) in [4.78, 5) is 18.4. The zero-order valence-electron chi connectivity index (χ0n) is 13.6. The number of carbonyl (C=O) groups excluding carboxylic acids is 1. The maximum Gasteiger partial charge on any atom is 0.267 e. The van der Waals surface area contributed by atoms with E-state index >= 15 is 0 Å². The van der Waals surface area contributed by atoms with Crippen molar-refractivity contribution in [2.75, 3.05) is 0 Å². The fourth-order valence-corrected chi connectivity index (χ4v) is 3.60. The van der Waals surface area contributed by atoms with Crippen molar-refractivity contribution in [3.05, 3.63) is 42.2 Å². The zero-order chi connectivity index (χ0) is 18.6. The molecule has 0 unspecified atom stereocenters. The Morgan fingerprint density at radius 3 is 2.58 bits per heavy atom. The highest BCUT2D eigenvalue weighted by molar-refractivity contribution is 7.89. The number of primary sulfonamides is 1. The number of primary amides is 1. The first-order valence-corrected chi connectivity index (χ1v) is 9.08. The third kappa shape index (κ3) is 2.52. The standard InChI is InChI=1S/C16H14N6O3S/c1-22-5-4-11(21-22)8-2-3-12-9(6-8)10-7-13(15(17)23)20-16(14(10)19-12)26(18,24)25/h2-7,19H,1H3,(H2,17,23)(H2,18,24,25). The van der Waals surface area contributed by atoms with Crippen molar-refractivity contribution in [3.8, 4) is 11.3 Å². The van der Waals surface area contributed by atoms with Crippen molar-refractivity contribution in [1.82, 2.24) is 19.7 Å². The summed E-state index contributed by atoms with van der Waals surface area (Å²) in [5.41, 5.74) is 7.62. The fourth-order valence-electron chi connectivity index (χ4n) is 2.93. The molecule has 3 aromatic heterocycles.